The number of rotatable bonds is 7. The van der Waals surface area contributed by atoms with Gasteiger partial charge in [-0.1, -0.05) is 40.3 Å². The molecule has 2 rings (SSSR count). The van der Waals surface area contributed by atoms with Gasteiger partial charge >= 0.3 is 12.1 Å². The second-order valence-corrected chi connectivity index (χ2v) is 9.41. The van der Waals surface area contributed by atoms with Gasteiger partial charge in [-0.3, -0.25) is 9.48 Å². The Hall–Kier alpha value is -2.25. The van der Waals surface area contributed by atoms with Crippen LogP contribution in [-0.2, 0) is 11.0 Å². The SMILES string of the molecule is C=CCN(CC(C)(C)C)C(=C)c1cnn(C2CC[C@@H](C(=O)O)C(C)C2)c1C(F)(F)F. The topological polar surface area (TPSA) is 58.4 Å². The predicted octanol–water partition coefficient (Wildman–Crippen LogP) is 5.47. The van der Waals surface area contributed by atoms with Gasteiger partial charge in [0.1, 0.15) is 0 Å². The molecule has 1 N–H and O–H groups in total. The highest BCUT2D eigenvalue weighted by atomic mass is 19.4. The van der Waals surface area contributed by atoms with Gasteiger partial charge in [0, 0.05) is 24.4 Å². The molecule has 1 saturated carbocycles. The summed E-state index contributed by atoms with van der Waals surface area (Å²) in [6.45, 7) is 16.4. The Morgan fingerprint density at radius 1 is 1.37 bits per heavy atom. The number of aromatic nitrogens is 2. The lowest BCUT2D eigenvalue weighted by Gasteiger charge is -2.34. The molecule has 1 aliphatic rings. The lowest BCUT2D eigenvalue weighted by molar-refractivity contribution is -0.148. The van der Waals surface area contributed by atoms with Crippen LogP contribution in [0.4, 0.5) is 13.2 Å². The maximum Gasteiger partial charge on any atom is 0.433 e. The number of aliphatic carboxylic acids is 1. The Labute approximate surface area is 176 Å². The van der Waals surface area contributed by atoms with Crippen molar-refractivity contribution in [2.24, 2.45) is 17.3 Å². The molecule has 0 aliphatic heterocycles. The molecule has 0 radical (unpaired) electrons. The third-order valence-corrected chi connectivity index (χ3v) is 5.58. The molecule has 0 amide bonds. The summed E-state index contributed by atoms with van der Waals surface area (Å²) in [6, 6.07) is -0.496. The van der Waals surface area contributed by atoms with Crippen LogP contribution in [0, 0.1) is 17.3 Å². The fourth-order valence-corrected chi connectivity index (χ4v) is 4.26. The molecular formula is C22H32F3N3O2. The van der Waals surface area contributed by atoms with Gasteiger partial charge in [0.05, 0.1) is 18.2 Å². The van der Waals surface area contributed by atoms with E-state index in [2.05, 4.69) is 18.3 Å². The van der Waals surface area contributed by atoms with Crippen LogP contribution >= 0.6 is 0 Å². The highest BCUT2D eigenvalue weighted by Gasteiger charge is 2.43. The zero-order valence-corrected chi connectivity index (χ0v) is 18.2. The molecule has 0 aromatic carbocycles. The highest BCUT2D eigenvalue weighted by Crippen LogP contribution is 2.42. The van der Waals surface area contributed by atoms with Gasteiger partial charge in [-0.05, 0) is 30.6 Å². The van der Waals surface area contributed by atoms with Crippen molar-refractivity contribution in [1.82, 2.24) is 14.7 Å². The number of nitrogens with zero attached hydrogens (tertiary/aromatic N) is 3. The Morgan fingerprint density at radius 2 is 2.00 bits per heavy atom. The van der Waals surface area contributed by atoms with Gasteiger partial charge in [-0.25, -0.2) is 0 Å². The largest absolute Gasteiger partial charge is 0.481 e. The summed E-state index contributed by atoms with van der Waals surface area (Å²) < 4.78 is 43.4. The fourth-order valence-electron chi connectivity index (χ4n) is 4.26. The van der Waals surface area contributed by atoms with Crippen LogP contribution < -0.4 is 0 Å². The normalized spacial score (nSPS) is 22.6. The highest BCUT2D eigenvalue weighted by molar-refractivity contribution is 5.70. The Bertz CT molecular complexity index is 793. The Balaban J connectivity index is 2.41. The number of carboxylic acid groups (broad SMARTS) is 1. The molecule has 5 nitrogen and oxygen atoms in total. The molecule has 3 atom stereocenters. The monoisotopic (exact) mass is 427 g/mol. The number of carboxylic acids is 1. The average Bonchev–Trinajstić information content (AvgIpc) is 3.04. The summed E-state index contributed by atoms with van der Waals surface area (Å²) in [5.74, 6) is -1.65. The first kappa shape index (κ1) is 24.0. The van der Waals surface area contributed by atoms with Crippen LogP contribution in [0.1, 0.15) is 64.3 Å². The molecule has 1 fully saturated rings. The maximum absolute atomic E-state index is 14.1. The van der Waals surface area contributed by atoms with Crippen molar-refractivity contribution in [1.29, 1.82) is 0 Å². The molecule has 0 spiro atoms. The van der Waals surface area contributed by atoms with E-state index in [1.165, 1.54) is 6.20 Å². The molecule has 2 unspecified atom stereocenters. The molecule has 8 heteroatoms. The van der Waals surface area contributed by atoms with Gasteiger partial charge in [0.2, 0.25) is 0 Å². The van der Waals surface area contributed by atoms with Crippen LogP contribution in [0.3, 0.4) is 0 Å². The summed E-state index contributed by atoms with van der Waals surface area (Å²) in [4.78, 5) is 13.1. The Kier molecular flexibility index (Phi) is 7.09. The van der Waals surface area contributed by atoms with Crippen LogP contribution in [0.15, 0.2) is 25.4 Å². The van der Waals surface area contributed by atoms with Gasteiger partial charge in [0.15, 0.2) is 5.69 Å². The molecule has 168 valence electrons. The molecule has 0 saturated heterocycles. The number of hydrogen-bond acceptors (Lipinski definition) is 3. The van der Waals surface area contributed by atoms with E-state index in [1.54, 1.807) is 17.9 Å². The van der Waals surface area contributed by atoms with Gasteiger partial charge in [-0.2, -0.15) is 18.3 Å². The van der Waals surface area contributed by atoms with Crippen molar-refractivity contribution < 1.29 is 23.1 Å². The van der Waals surface area contributed by atoms with E-state index < -0.39 is 29.8 Å². The maximum atomic E-state index is 14.1. The first-order chi connectivity index (χ1) is 13.8. The number of carbonyl (C=O) groups is 1. The minimum atomic E-state index is -4.61. The predicted molar refractivity (Wildman–Crippen MR) is 111 cm³/mol. The second kappa shape index (κ2) is 8.86. The number of halogens is 3. The average molecular weight is 428 g/mol. The quantitative estimate of drug-likeness (QED) is 0.587. The second-order valence-electron chi connectivity index (χ2n) is 9.41. The van der Waals surface area contributed by atoms with E-state index >= 15 is 0 Å². The van der Waals surface area contributed by atoms with Crippen LogP contribution in [0.5, 0.6) is 0 Å². The van der Waals surface area contributed by atoms with E-state index in [0.717, 1.165) is 4.68 Å². The molecular weight excluding hydrogens is 395 g/mol. The molecule has 30 heavy (non-hydrogen) atoms. The summed E-state index contributed by atoms with van der Waals surface area (Å²) in [6.07, 6.45) is -0.714. The van der Waals surface area contributed by atoms with E-state index in [4.69, 9.17) is 0 Å². The molecule has 0 bridgehead atoms. The molecule has 1 aromatic rings. The van der Waals surface area contributed by atoms with E-state index in [9.17, 15) is 23.1 Å². The fraction of sp³-hybridized carbons (Fsp3) is 0.636. The number of hydrogen-bond donors (Lipinski definition) is 1. The smallest absolute Gasteiger partial charge is 0.433 e. The van der Waals surface area contributed by atoms with Crippen molar-refractivity contribution in [3.63, 3.8) is 0 Å². The lowest BCUT2D eigenvalue weighted by atomic mass is 9.78. The van der Waals surface area contributed by atoms with E-state index in [-0.39, 0.29) is 22.6 Å². The van der Waals surface area contributed by atoms with E-state index in [1.807, 2.05) is 20.8 Å². The summed E-state index contributed by atoms with van der Waals surface area (Å²) in [7, 11) is 0. The third-order valence-electron chi connectivity index (χ3n) is 5.58. The zero-order chi connectivity index (χ0) is 22.9. The minimum Gasteiger partial charge on any atom is -0.481 e. The van der Waals surface area contributed by atoms with E-state index in [0.29, 0.717) is 32.4 Å². The van der Waals surface area contributed by atoms with Gasteiger partial charge in [0.25, 0.3) is 0 Å². The van der Waals surface area contributed by atoms with Crippen molar-refractivity contribution in [2.75, 3.05) is 13.1 Å². The zero-order valence-electron chi connectivity index (χ0n) is 18.2. The standard InChI is InChI=1S/C22H32F3N3O2/c1-7-10-27(13-21(4,5)6)15(3)18-12-26-28(19(18)22(23,24)25)16-8-9-17(20(29)30)14(2)11-16/h7,12,14,16-17H,1,3,8-11,13H2,2,4-6H3,(H,29,30)/t14?,16?,17-/m1/s1. The number of alkyl halides is 3. The van der Waals surface area contributed by atoms with Gasteiger partial charge < -0.3 is 10.0 Å². The first-order valence-corrected chi connectivity index (χ1v) is 10.2. The van der Waals surface area contributed by atoms with Crippen molar-refractivity contribution in [2.45, 2.75) is 59.2 Å². The van der Waals surface area contributed by atoms with Crippen molar-refractivity contribution in [3.05, 3.63) is 36.7 Å². The van der Waals surface area contributed by atoms with Crippen molar-refractivity contribution >= 4 is 11.7 Å². The first-order valence-electron chi connectivity index (χ1n) is 10.2. The van der Waals surface area contributed by atoms with Gasteiger partial charge in [-0.15, -0.1) is 6.58 Å². The summed E-state index contributed by atoms with van der Waals surface area (Å²) in [5.41, 5.74) is -0.746. The summed E-state index contributed by atoms with van der Waals surface area (Å²) >= 11 is 0. The van der Waals surface area contributed by atoms with Crippen LogP contribution in [0.2, 0.25) is 0 Å². The molecule has 1 heterocycles. The third kappa shape index (κ3) is 5.46. The van der Waals surface area contributed by atoms with Crippen molar-refractivity contribution in [3.8, 4) is 0 Å². The molecule has 1 aromatic heterocycles. The van der Waals surface area contributed by atoms with Crippen LogP contribution in [-0.4, -0.2) is 38.8 Å². The Morgan fingerprint density at radius 3 is 2.47 bits per heavy atom. The molecule has 1 aliphatic carbocycles. The summed E-state index contributed by atoms with van der Waals surface area (Å²) in [5, 5.41) is 13.4. The minimum absolute atomic E-state index is 0.0402. The van der Waals surface area contributed by atoms with Crippen LogP contribution in [0.25, 0.3) is 5.70 Å². The lowest BCUT2D eigenvalue weighted by Crippen LogP contribution is -2.33.